The molecule has 2 atom stereocenters. The molecule has 30 heavy (non-hydrogen) atoms. The summed E-state index contributed by atoms with van der Waals surface area (Å²) in [7, 11) is 0. The molecule has 2 saturated heterocycles. The average molecular weight is 425 g/mol. The summed E-state index contributed by atoms with van der Waals surface area (Å²) in [4.78, 5) is 21.7. The minimum absolute atomic E-state index is 0.0789. The number of carbonyl (C=O) groups is 1. The maximum absolute atomic E-state index is 12.9. The van der Waals surface area contributed by atoms with Gasteiger partial charge in [-0.25, -0.2) is 0 Å². The van der Waals surface area contributed by atoms with Crippen molar-refractivity contribution in [1.29, 1.82) is 0 Å². The van der Waals surface area contributed by atoms with Crippen LogP contribution in [-0.2, 0) is 11.2 Å². The first-order valence-electron chi connectivity index (χ1n) is 11.1. The summed E-state index contributed by atoms with van der Waals surface area (Å²) in [6, 6.07) is 14.7. The third-order valence-electron chi connectivity index (χ3n) is 6.03. The van der Waals surface area contributed by atoms with Gasteiger partial charge in [0.2, 0.25) is 5.91 Å². The zero-order valence-electron chi connectivity index (χ0n) is 17.6. The van der Waals surface area contributed by atoms with Gasteiger partial charge in [-0.2, -0.15) is 0 Å². The van der Waals surface area contributed by atoms with Crippen molar-refractivity contribution in [2.45, 2.75) is 37.1 Å². The highest BCUT2D eigenvalue weighted by Gasteiger charge is 2.34. The molecule has 0 radical (unpaired) electrons. The van der Waals surface area contributed by atoms with E-state index in [1.54, 1.807) is 18.0 Å². The van der Waals surface area contributed by atoms with E-state index in [0.717, 1.165) is 44.0 Å². The molecular weight excluding hydrogens is 392 g/mol. The number of benzene rings is 1. The van der Waals surface area contributed by atoms with Crippen molar-refractivity contribution in [2.24, 2.45) is 0 Å². The highest BCUT2D eigenvalue weighted by atomic mass is 32.2. The number of piperazine rings is 1. The maximum Gasteiger partial charge on any atom is 0.240 e. The number of hydrogen-bond donors (Lipinski definition) is 1. The van der Waals surface area contributed by atoms with E-state index in [9.17, 15) is 4.79 Å². The monoisotopic (exact) mass is 424 g/mol. The summed E-state index contributed by atoms with van der Waals surface area (Å²) < 4.78 is 0. The minimum Gasteiger partial charge on any atom is -0.339 e. The van der Waals surface area contributed by atoms with E-state index in [-0.39, 0.29) is 17.3 Å². The molecule has 160 valence electrons. The molecule has 1 aromatic heterocycles. The van der Waals surface area contributed by atoms with Crippen LogP contribution in [0.2, 0.25) is 0 Å². The lowest BCUT2D eigenvalue weighted by Crippen LogP contribution is -2.53. The molecule has 2 aliphatic rings. The zero-order valence-corrected chi connectivity index (χ0v) is 18.4. The fraction of sp³-hybridized carbons (Fsp3) is 0.500. The molecule has 0 spiro atoms. The fourth-order valence-corrected chi connectivity index (χ4v) is 5.45. The van der Waals surface area contributed by atoms with Crippen LogP contribution in [-0.4, -0.2) is 65.2 Å². The summed E-state index contributed by atoms with van der Waals surface area (Å²) in [6.07, 6.45) is 8.62. The van der Waals surface area contributed by atoms with Crippen LogP contribution in [0.1, 0.15) is 35.8 Å². The summed E-state index contributed by atoms with van der Waals surface area (Å²) in [5, 5.41) is 3.67. The molecule has 2 aromatic rings. The van der Waals surface area contributed by atoms with Crippen LogP contribution in [0.25, 0.3) is 0 Å². The number of hydrogen-bond acceptors (Lipinski definition) is 5. The second-order valence-electron chi connectivity index (χ2n) is 8.18. The van der Waals surface area contributed by atoms with Gasteiger partial charge in [0.25, 0.3) is 0 Å². The van der Waals surface area contributed by atoms with Gasteiger partial charge in [0.1, 0.15) is 0 Å². The summed E-state index contributed by atoms with van der Waals surface area (Å²) >= 11 is 1.80. The SMILES string of the molecule is O=C([C@@H]1CSC(c2cccnc2)N1)N1CCN(CCCCCc2ccccc2)CC1. The number of nitrogens with zero attached hydrogens (tertiary/aromatic N) is 3. The number of aryl methyl sites for hydroxylation is 1. The number of aromatic nitrogens is 1. The van der Waals surface area contributed by atoms with E-state index >= 15 is 0 Å². The molecule has 2 aliphatic heterocycles. The van der Waals surface area contributed by atoms with Gasteiger partial charge in [-0.1, -0.05) is 42.8 Å². The molecule has 0 bridgehead atoms. The second-order valence-corrected chi connectivity index (χ2v) is 9.32. The van der Waals surface area contributed by atoms with Crippen LogP contribution in [0.4, 0.5) is 0 Å². The fourth-order valence-electron chi connectivity index (χ4n) is 4.24. The molecule has 1 amide bonds. The first-order chi connectivity index (χ1) is 14.8. The molecule has 0 saturated carbocycles. The topological polar surface area (TPSA) is 48.5 Å². The van der Waals surface area contributed by atoms with Crippen molar-refractivity contribution >= 4 is 17.7 Å². The number of carbonyl (C=O) groups excluding carboxylic acids is 1. The van der Waals surface area contributed by atoms with Gasteiger partial charge in [0, 0.05) is 44.3 Å². The van der Waals surface area contributed by atoms with Gasteiger partial charge in [-0.15, -0.1) is 11.8 Å². The third-order valence-corrected chi connectivity index (χ3v) is 7.30. The Balaban J connectivity index is 1.12. The lowest BCUT2D eigenvalue weighted by molar-refractivity contribution is -0.134. The number of pyridine rings is 1. The Morgan fingerprint density at radius 2 is 1.87 bits per heavy atom. The standard InChI is InChI=1S/C24H32N4OS/c29-24(22-19-30-23(26-22)21-11-7-12-25-18-21)28-16-14-27(15-17-28)13-6-2-5-10-20-8-3-1-4-9-20/h1,3-4,7-9,11-12,18,22-23,26H,2,5-6,10,13-17,19H2/t22-,23?/m0/s1. The average Bonchev–Trinajstić information content (AvgIpc) is 3.30. The quantitative estimate of drug-likeness (QED) is 0.659. The predicted octanol–water partition coefficient (Wildman–Crippen LogP) is 3.34. The molecule has 3 heterocycles. The van der Waals surface area contributed by atoms with E-state index in [1.165, 1.54) is 31.2 Å². The number of rotatable bonds is 8. The zero-order chi connectivity index (χ0) is 20.6. The molecule has 5 nitrogen and oxygen atoms in total. The van der Waals surface area contributed by atoms with Crippen molar-refractivity contribution in [2.75, 3.05) is 38.5 Å². The molecule has 2 fully saturated rings. The highest BCUT2D eigenvalue weighted by molar-refractivity contribution is 7.99. The van der Waals surface area contributed by atoms with Crippen molar-refractivity contribution in [3.05, 3.63) is 66.0 Å². The smallest absolute Gasteiger partial charge is 0.240 e. The van der Waals surface area contributed by atoms with Gasteiger partial charge < -0.3 is 4.90 Å². The summed E-state index contributed by atoms with van der Waals surface area (Å²) in [6.45, 7) is 4.84. The van der Waals surface area contributed by atoms with Gasteiger partial charge in [-0.3, -0.25) is 20.0 Å². The first-order valence-corrected chi connectivity index (χ1v) is 12.2. The van der Waals surface area contributed by atoms with E-state index in [1.807, 2.05) is 12.3 Å². The number of nitrogens with one attached hydrogen (secondary N) is 1. The van der Waals surface area contributed by atoms with Gasteiger partial charge in [0.15, 0.2) is 0 Å². The van der Waals surface area contributed by atoms with Crippen LogP contribution in [0, 0.1) is 0 Å². The Morgan fingerprint density at radius 3 is 2.63 bits per heavy atom. The Kier molecular flexibility index (Phi) is 7.78. The van der Waals surface area contributed by atoms with Crippen LogP contribution >= 0.6 is 11.8 Å². The lowest BCUT2D eigenvalue weighted by Gasteiger charge is -2.36. The number of amides is 1. The normalized spacial score (nSPS) is 22.3. The number of thioether (sulfide) groups is 1. The molecule has 1 aromatic carbocycles. The van der Waals surface area contributed by atoms with Crippen LogP contribution in [0.5, 0.6) is 0 Å². The molecule has 1 N–H and O–H groups in total. The summed E-state index contributed by atoms with van der Waals surface area (Å²) in [5.74, 6) is 1.09. The predicted molar refractivity (Wildman–Crippen MR) is 123 cm³/mol. The van der Waals surface area contributed by atoms with E-state index in [0.29, 0.717) is 0 Å². The van der Waals surface area contributed by atoms with Crippen LogP contribution < -0.4 is 5.32 Å². The Labute approximate surface area is 184 Å². The van der Waals surface area contributed by atoms with Crippen LogP contribution in [0.3, 0.4) is 0 Å². The van der Waals surface area contributed by atoms with Gasteiger partial charge >= 0.3 is 0 Å². The highest BCUT2D eigenvalue weighted by Crippen LogP contribution is 2.32. The molecule has 0 aliphatic carbocycles. The van der Waals surface area contributed by atoms with Gasteiger partial charge in [0.05, 0.1) is 11.4 Å². The van der Waals surface area contributed by atoms with E-state index in [4.69, 9.17) is 0 Å². The Morgan fingerprint density at radius 1 is 1.03 bits per heavy atom. The van der Waals surface area contributed by atoms with Crippen molar-refractivity contribution < 1.29 is 4.79 Å². The minimum atomic E-state index is -0.0789. The maximum atomic E-state index is 12.9. The largest absolute Gasteiger partial charge is 0.339 e. The van der Waals surface area contributed by atoms with E-state index in [2.05, 4.69) is 56.5 Å². The van der Waals surface area contributed by atoms with Crippen molar-refractivity contribution in [3.63, 3.8) is 0 Å². The number of unbranched alkanes of at least 4 members (excludes halogenated alkanes) is 2. The summed E-state index contributed by atoms with van der Waals surface area (Å²) in [5.41, 5.74) is 2.59. The van der Waals surface area contributed by atoms with Crippen molar-refractivity contribution in [3.8, 4) is 0 Å². The van der Waals surface area contributed by atoms with Gasteiger partial charge in [-0.05, 0) is 43.0 Å². The second kappa shape index (κ2) is 10.9. The molecular formula is C24H32N4OS. The lowest BCUT2D eigenvalue weighted by atomic mass is 10.1. The Hall–Kier alpha value is -1.89. The Bertz CT molecular complexity index is 780. The van der Waals surface area contributed by atoms with E-state index < -0.39 is 0 Å². The first kappa shape index (κ1) is 21.3. The molecule has 6 heteroatoms. The molecule has 4 rings (SSSR count). The van der Waals surface area contributed by atoms with Crippen LogP contribution in [0.15, 0.2) is 54.9 Å². The molecule has 1 unspecified atom stereocenters. The third kappa shape index (κ3) is 5.84. The van der Waals surface area contributed by atoms with Crippen molar-refractivity contribution in [1.82, 2.24) is 20.1 Å².